The fourth-order valence-electron chi connectivity index (χ4n) is 1.87. The molecule has 2 rings (SSSR count). The van der Waals surface area contributed by atoms with E-state index in [1.54, 1.807) is 6.07 Å². The number of hydrogen-bond acceptors (Lipinski definition) is 1. The topological polar surface area (TPSA) is 17.1 Å². The van der Waals surface area contributed by atoms with E-state index in [0.29, 0.717) is 5.56 Å². The Morgan fingerprint density at radius 2 is 1.80 bits per heavy atom. The van der Waals surface area contributed by atoms with Crippen molar-refractivity contribution in [1.82, 2.24) is 0 Å². The first-order valence-electron chi connectivity index (χ1n) is 5.86. The zero-order valence-corrected chi connectivity index (χ0v) is 11.9. The molecule has 104 valence electrons. The average Bonchev–Trinajstić information content (AvgIpc) is 2.39. The fraction of sp³-hybridized carbons (Fsp3) is 0.133. The summed E-state index contributed by atoms with van der Waals surface area (Å²) in [7, 11) is 0. The molecule has 0 amide bonds. The zero-order valence-electron chi connectivity index (χ0n) is 10.3. The van der Waals surface area contributed by atoms with Gasteiger partial charge in [0, 0.05) is 18.4 Å². The molecule has 20 heavy (non-hydrogen) atoms. The maximum atomic E-state index is 13.7. The van der Waals surface area contributed by atoms with Gasteiger partial charge < -0.3 is 0 Å². The summed E-state index contributed by atoms with van der Waals surface area (Å²) in [5, 5.41) is 0. The van der Waals surface area contributed by atoms with Crippen molar-refractivity contribution in [3.63, 3.8) is 0 Å². The Hall–Kier alpha value is -1.62. The highest BCUT2D eigenvalue weighted by Gasteiger charge is 2.16. The molecule has 0 bridgehead atoms. The van der Waals surface area contributed by atoms with Crippen LogP contribution in [0.4, 0.5) is 13.2 Å². The minimum absolute atomic E-state index is 0.0663. The van der Waals surface area contributed by atoms with E-state index in [1.165, 1.54) is 24.3 Å². The monoisotopic (exact) mass is 342 g/mol. The molecule has 2 aromatic carbocycles. The molecule has 2 aromatic rings. The Bertz CT molecular complexity index is 656. The minimum atomic E-state index is -0.780. The van der Waals surface area contributed by atoms with E-state index in [4.69, 9.17) is 0 Å². The van der Waals surface area contributed by atoms with Crippen LogP contribution in [0.2, 0.25) is 0 Å². The fourth-order valence-corrected chi connectivity index (χ4v) is 2.24. The van der Waals surface area contributed by atoms with E-state index < -0.39 is 17.5 Å². The number of Topliss-reactive ketones (excluding diaryl/α,β-unsaturated/α-hetero) is 1. The largest absolute Gasteiger partial charge is 0.299 e. The Morgan fingerprint density at radius 3 is 2.50 bits per heavy atom. The highest BCUT2D eigenvalue weighted by Crippen LogP contribution is 2.22. The van der Waals surface area contributed by atoms with Crippen molar-refractivity contribution < 1.29 is 18.0 Å². The van der Waals surface area contributed by atoms with Crippen LogP contribution in [0.3, 0.4) is 0 Å². The quantitative estimate of drug-likeness (QED) is 0.760. The molecule has 0 aromatic heterocycles. The molecule has 0 aliphatic heterocycles. The van der Waals surface area contributed by atoms with Crippen LogP contribution in [0.25, 0.3) is 0 Å². The van der Waals surface area contributed by atoms with Gasteiger partial charge in [0.15, 0.2) is 0 Å². The highest BCUT2D eigenvalue weighted by molar-refractivity contribution is 9.10. The first-order valence-corrected chi connectivity index (χ1v) is 6.65. The lowest BCUT2D eigenvalue weighted by Gasteiger charge is -2.06. The second kappa shape index (κ2) is 6.22. The molecule has 0 atom stereocenters. The normalized spacial score (nSPS) is 10.6. The second-order valence-corrected chi connectivity index (χ2v) is 5.20. The summed E-state index contributed by atoms with van der Waals surface area (Å²) >= 11 is 2.94. The van der Waals surface area contributed by atoms with Gasteiger partial charge in [0.05, 0.1) is 4.47 Å². The van der Waals surface area contributed by atoms with Gasteiger partial charge in [-0.15, -0.1) is 0 Å². The lowest BCUT2D eigenvalue weighted by Crippen LogP contribution is -2.10. The number of hydrogen-bond donors (Lipinski definition) is 0. The van der Waals surface area contributed by atoms with Gasteiger partial charge in [0.25, 0.3) is 0 Å². The summed E-state index contributed by atoms with van der Waals surface area (Å²) in [6.45, 7) is 0. The number of carbonyl (C=O) groups is 1. The minimum Gasteiger partial charge on any atom is -0.299 e. The van der Waals surface area contributed by atoms with Crippen LogP contribution >= 0.6 is 15.9 Å². The molecule has 0 aliphatic carbocycles. The maximum Gasteiger partial charge on any atom is 0.143 e. The van der Waals surface area contributed by atoms with Crippen molar-refractivity contribution >= 4 is 21.7 Å². The summed E-state index contributed by atoms with van der Waals surface area (Å²) in [5.74, 6) is -2.38. The first-order chi connectivity index (χ1) is 9.47. The molecule has 0 heterocycles. The SMILES string of the molecule is O=C(Cc1cccc(F)c1)Cc1c(F)ccc(Br)c1F. The van der Waals surface area contributed by atoms with E-state index in [0.717, 1.165) is 6.07 Å². The van der Waals surface area contributed by atoms with Gasteiger partial charge in [-0.05, 0) is 45.8 Å². The third-order valence-corrected chi connectivity index (χ3v) is 3.42. The summed E-state index contributed by atoms with van der Waals surface area (Å²) in [4.78, 5) is 11.8. The summed E-state index contributed by atoms with van der Waals surface area (Å²) in [6, 6.07) is 7.91. The molecule has 0 saturated heterocycles. The number of benzene rings is 2. The Balaban J connectivity index is 2.15. The van der Waals surface area contributed by atoms with Crippen LogP contribution in [0.5, 0.6) is 0 Å². The molecule has 0 aliphatic rings. The number of ketones is 1. The van der Waals surface area contributed by atoms with Gasteiger partial charge in [-0.25, -0.2) is 13.2 Å². The standard InChI is InChI=1S/C15H10BrF3O/c16-13-4-5-14(18)12(15(13)19)8-11(20)7-9-2-1-3-10(17)6-9/h1-6H,7-8H2. The lowest BCUT2D eigenvalue weighted by molar-refractivity contribution is -0.117. The third kappa shape index (κ3) is 3.48. The predicted octanol–water partition coefficient (Wildman–Crippen LogP) is 4.22. The first kappa shape index (κ1) is 14.8. The molecule has 0 saturated carbocycles. The van der Waals surface area contributed by atoms with Gasteiger partial charge in [0.1, 0.15) is 23.2 Å². The van der Waals surface area contributed by atoms with Crippen LogP contribution in [-0.4, -0.2) is 5.78 Å². The summed E-state index contributed by atoms with van der Waals surface area (Å²) in [6.07, 6.45) is -0.434. The van der Waals surface area contributed by atoms with Crippen LogP contribution < -0.4 is 0 Å². The molecule has 0 fully saturated rings. The highest BCUT2D eigenvalue weighted by atomic mass is 79.9. The zero-order chi connectivity index (χ0) is 14.7. The van der Waals surface area contributed by atoms with Crippen molar-refractivity contribution in [3.8, 4) is 0 Å². The number of rotatable bonds is 4. The maximum absolute atomic E-state index is 13.7. The van der Waals surface area contributed by atoms with E-state index in [1.807, 2.05) is 0 Å². The number of carbonyl (C=O) groups excluding carboxylic acids is 1. The molecule has 0 spiro atoms. The van der Waals surface area contributed by atoms with Crippen molar-refractivity contribution in [2.24, 2.45) is 0 Å². The van der Waals surface area contributed by atoms with Crippen molar-refractivity contribution in [2.45, 2.75) is 12.8 Å². The van der Waals surface area contributed by atoms with Crippen molar-refractivity contribution in [3.05, 3.63) is 69.4 Å². The lowest BCUT2D eigenvalue weighted by atomic mass is 10.0. The van der Waals surface area contributed by atoms with Crippen LogP contribution in [0, 0.1) is 17.5 Å². The molecule has 5 heteroatoms. The number of halogens is 4. The van der Waals surface area contributed by atoms with E-state index in [2.05, 4.69) is 15.9 Å². The summed E-state index contributed by atoms with van der Waals surface area (Å²) in [5.41, 5.74) is 0.201. The molecule has 0 N–H and O–H groups in total. The molecular formula is C15H10BrF3O. The smallest absolute Gasteiger partial charge is 0.143 e. The Morgan fingerprint density at radius 1 is 1.05 bits per heavy atom. The molecule has 0 radical (unpaired) electrons. The van der Waals surface area contributed by atoms with Gasteiger partial charge in [-0.2, -0.15) is 0 Å². The van der Waals surface area contributed by atoms with E-state index >= 15 is 0 Å². The van der Waals surface area contributed by atoms with Crippen LogP contribution in [0.15, 0.2) is 40.9 Å². The average molecular weight is 343 g/mol. The predicted molar refractivity (Wildman–Crippen MR) is 72.9 cm³/mol. The second-order valence-electron chi connectivity index (χ2n) is 4.34. The van der Waals surface area contributed by atoms with E-state index in [9.17, 15) is 18.0 Å². The summed E-state index contributed by atoms with van der Waals surface area (Å²) < 4.78 is 40.3. The van der Waals surface area contributed by atoms with Crippen molar-refractivity contribution in [1.29, 1.82) is 0 Å². The van der Waals surface area contributed by atoms with Gasteiger partial charge >= 0.3 is 0 Å². The van der Waals surface area contributed by atoms with Gasteiger partial charge in [0.2, 0.25) is 0 Å². The van der Waals surface area contributed by atoms with Gasteiger partial charge in [-0.1, -0.05) is 12.1 Å². The molecule has 1 nitrogen and oxygen atoms in total. The molecule has 0 unspecified atom stereocenters. The van der Waals surface area contributed by atoms with E-state index in [-0.39, 0.29) is 28.7 Å². The molecular weight excluding hydrogens is 333 g/mol. The van der Waals surface area contributed by atoms with Crippen LogP contribution in [0.1, 0.15) is 11.1 Å². The van der Waals surface area contributed by atoms with Gasteiger partial charge in [-0.3, -0.25) is 4.79 Å². The van der Waals surface area contributed by atoms with Crippen LogP contribution in [-0.2, 0) is 17.6 Å². The van der Waals surface area contributed by atoms with Crippen molar-refractivity contribution in [2.75, 3.05) is 0 Å². The third-order valence-electron chi connectivity index (χ3n) is 2.80. The Kier molecular flexibility index (Phi) is 4.60. The Labute approximate surface area is 122 Å².